The van der Waals surface area contributed by atoms with Crippen LogP contribution in [0.3, 0.4) is 0 Å². The Kier molecular flexibility index (Phi) is 6.40. The molecule has 1 amide bonds. The predicted molar refractivity (Wildman–Crippen MR) is 84.1 cm³/mol. The Labute approximate surface area is 131 Å². The number of esters is 1. The largest absolute Gasteiger partial charge is 0.466 e. The maximum atomic E-state index is 12.0. The smallest absolute Gasteiger partial charge is 0.310 e. The van der Waals surface area contributed by atoms with E-state index < -0.39 is 0 Å². The molecular formula is C17H24N2O3. The van der Waals surface area contributed by atoms with Crippen molar-refractivity contribution >= 4 is 11.9 Å². The topological polar surface area (TPSA) is 58.6 Å². The highest BCUT2D eigenvalue weighted by atomic mass is 16.5. The first-order chi connectivity index (χ1) is 10.7. The zero-order chi connectivity index (χ0) is 15.8. The van der Waals surface area contributed by atoms with Crippen LogP contribution in [0.1, 0.15) is 25.3 Å². The van der Waals surface area contributed by atoms with Crippen molar-refractivity contribution in [2.75, 3.05) is 26.2 Å². The average molecular weight is 304 g/mol. The normalized spacial score (nSPS) is 18.7. The van der Waals surface area contributed by atoms with Crippen molar-refractivity contribution in [3.8, 4) is 0 Å². The van der Waals surface area contributed by atoms with Crippen LogP contribution in [-0.4, -0.2) is 43.0 Å². The number of rotatable bonds is 6. The van der Waals surface area contributed by atoms with Crippen LogP contribution in [0, 0.1) is 5.92 Å². The summed E-state index contributed by atoms with van der Waals surface area (Å²) in [5.74, 6) is -0.249. The number of hydrogen-bond acceptors (Lipinski definition) is 4. The predicted octanol–water partition coefficient (Wildman–Crippen LogP) is 1.58. The highest BCUT2D eigenvalue weighted by Gasteiger charge is 2.27. The van der Waals surface area contributed by atoms with Gasteiger partial charge in [-0.1, -0.05) is 30.3 Å². The lowest BCUT2D eigenvalue weighted by molar-refractivity contribution is -0.150. The molecule has 120 valence electrons. The number of amides is 1. The second kappa shape index (κ2) is 8.54. The van der Waals surface area contributed by atoms with Gasteiger partial charge in [0.25, 0.3) is 0 Å². The minimum atomic E-state index is -0.142. The van der Waals surface area contributed by atoms with Gasteiger partial charge in [-0.25, -0.2) is 0 Å². The first kappa shape index (κ1) is 16.5. The van der Waals surface area contributed by atoms with E-state index in [-0.39, 0.29) is 17.8 Å². The van der Waals surface area contributed by atoms with Gasteiger partial charge in [0.2, 0.25) is 5.91 Å². The number of hydrogen-bond donors (Lipinski definition) is 1. The van der Waals surface area contributed by atoms with Crippen LogP contribution in [-0.2, 0) is 20.9 Å². The summed E-state index contributed by atoms with van der Waals surface area (Å²) in [4.78, 5) is 25.8. The lowest BCUT2D eigenvalue weighted by Gasteiger charge is -2.30. The summed E-state index contributed by atoms with van der Waals surface area (Å²) in [6.07, 6.45) is 1.77. The number of carbonyl (C=O) groups is 2. The molecule has 0 bridgehead atoms. The molecule has 1 N–H and O–H groups in total. The molecule has 0 aliphatic carbocycles. The van der Waals surface area contributed by atoms with E-state index in [0.29, 0.717) is 26.2 Å². The molecule has 0 radical (unpaired) electrons. The van der Waals surface area contributed by atoms with E-state index >= 15 is 0 Å². The SMILES string of the molecule is CCOC(=O)[C@H]1CCCN(CC(=O)NCc2ccccc2)C1. The Balaban J connectivity index is 1.75. The second-order valence-electron chi connectivity index (χ2n) is 5.59. The Morgan fingerprint density at radius 3 is 2.82 bits per heavy atom. The molecular weight excluding hydrogens is 280 g/mol. The van der Waals surface area contributed by atoms with Crippen molar-refractivity contribution in [1.82, 2.24) is 10.2 Å². The van der Waals surface area contributed by atoms with Crippen LogP contribution in [0.2, 0.25) is 0 Å². The molecule has 1 atom stereocenters. The summed E-state index contributed by atoms with van der Waals surface area (Å²) < 4.78 is 5.07. The summed E-state index contributed by atoms with van der Waals surface area (Å²) in [6, 6.07) is 9.83. The van der Waals surface area contributed by atoms with Crippen LogP contribution in [0.15, 0.2) is 30.3 Å². The van der Waals surface area contributed by atoms with Gasteiger partial charge in [0.05, 0.1) is 19.1 Å². The molecule has 1 aromatic rings. The molecule has 5 nitrogen and oxygen atoms in total. The van der Waals surface area contributed by atoms with Crippen LogP contribution in [0.4, 0.5) is 0 Å². The van der Waals surface area contributed by atoms with Crippen molar-refractivity contribution in [2.45, 2.75) is 26.3 Å². The molecule has 0 unspecified atom stereocenters. The van der Waals surface area contributed by atoms with Crippen molar-refractivity contribution in [3.05, 3.63) is 35.9 Å². The van der Waals surface area contributed by atoms with Gasteiger partial charge in [0, 0.05) is 13.1 Å². The van der Waals surface area contributed by atoms with Crippen molar-refractivity contribution in [3.63, 3.8) is 0 Å². The summed E-state index contributed by atoms with van der Waals surface area (Å²) in [5.41, 5.74) is 1.08. The first-order valence-corrected chi connectivity index (χ1v) is 7.88. The van der Waals surface area contributed by atoms with E-state index in [2.05, 4.69) is 5.32 Å². The maximum absolute atomic E-state index is 12.0. The number of likely N-dealkylation sites (tertiary alicyclic amines) is 1. The van der Waals surface area contributed by atoms with Gasteiger partial charge in [0.15, 0.2) is 0 Å². The summed E-state index contributed by atoms with van der Waals surface area (Å²) >= 11 is 0. The van der Waals surface area contributed by atoms with Crippen LogP contribution in [0.25, 0.3) is 0 Å². The minimum Gasteiger partial charge on any atom is -0.466 e. The quantitative estimate of drug-likeness (QED) is 0.811. The minimum absolute atomic E-state index is 0.00615. The number of piperidine rings is 1. The molecule has 1 aliphatic rings. The van der Waals surface area contributed by atoms with Gasteiger partial charge < -0.3 is 10.1 Å². The third-order valence-electron chi connectivity index (χ3n) is 3.83. The number of carbonyl (C=O) groups excluding carboxylic acids is 2. The van der Waals surface area contributed by atoms with E-state index in [1.54, 1.807) is 0 Å². The molecule has 0 spiro atoms. The fourth-order valence-corrected chi connectivity index (χ4v) is 2.71. The molecule has 5 heteroatoms. The van der Waals surface area contributed by atoms with E-state index in [1.807, 2.05) is 42.2 Å². The lowest BCUT2D eigenvalue weighted by Crippen LogP contribution is -2.44. The Hall–Kier alpha value is -1.88. The highest BCUT2D eigenvalue weighted by molar-refractivity contribution is 5.78. The van der Waals surface area contributed by atoms with Crippen LogP contribution < -0.4 is 5.32 Å². The fraction of sp³-hybridized carbons (Fsp3) is 0.529. The summed E-state index contributed by atoms with van der Waals surface area (Å²) in [6.45, 7) is 4.56. The number of ether oxygens (including phenoxy) is 1. The van der Waals surface area contributed by atoms with E-state index in [4.69, 9.17) is 4.74 Å². The molecule has 0 aromatic heterocycles. The standard InChI is InChI=1S/C17H24N2O3/c1-2-22-17(21)15-9-6-10-19(12-15)13-16(20)18-11-14-7-4-3-5-8-14/h3-5,7-8,15H,2,6,9-13H2,1H3,(H,18,20)/t15-/m0/s1. The third-order valence-corrected chi connectivity index (χ3v) is 3.83. The molecule has 22 heavy (non-hydrogen) atoms. The number of benzene rings is 1. The molecule has 2 rings (SSSR count). The Morgan fingerprint density at radius 1 is 1.32 bits per heavy atom. The molecule has 1 aliphatic heterocycles. The zero-order valence-corrected chi connectivity index (χ0v) is 13.1. The fourth-order valence-electron chi connectivity index (χ4n) is 2.71. The van der Waals surface area contributed by atoms with Gasteiger partial charge in [-0.15, -0.1) is 0 Å². The van der Waals surface area contributed by atoms with Gasteiger partial charge in [-0.3, -0.25) is 14.5 Å². The molecule has 0 saturated carbocycles. The summed E-state index contributed by atoms with van der Waals surface area (Å²) in [5, 5.41) is 2.92. The maximum Gasteiger partial charge on any atom is 0.310 e. The van der Waals surface area contributed by atoms with Gasteiger partial charge in [0.1, 0.15) is 0 Å². The lowest BCUT2D eigenvalue weighted by atomic mass is 9.98. The third kappa shape index (κ3) is 5.15. The van der Waals surface area contributed by atoms with E-state index in [1.165, 1.54) is 0 Å². The number of nitrogens with one attached hydrogen (secondary N) is 1. The Bertz CT molecular complexity index is 490. The average Bonchev–Trinajstić information content (AvgIpc) is 2.54. The van der Waals surface area contributed by atoms with E-state index in [0.717, 1.165) is 24.9 Å². The molecule has 1 heterocycles. The van der Waals surface area contributed by atoms with Crippen LogP contribution >= 0.6 is 0 Å². The van der Waals surface area contributed by atoms with Gasteiger partial charge in [-0.2, -0.15) is 0 Å². The van der Waals surface area contributed by atoms with Crippen LogP contribution in [0.5, 0.6) is 0 Å². The van der Waals surface area contributed by atoms with Gasteiger partial charge in [-0.05, 0) is 31.9 Å². The number of nitrogens with zero attached hydrogens (tertiary/aromatic N) is 1. The van der Waals surface area contributed by atoms with Crippen molar-refractivity contribution < 1.29 is 14.3 Å². The van der Waals surface area contributed by atoms with E-state index in [9.17, 15) is 9.59 Å². The molecule has 1 aromatic carbocycles. The second-order valence-corrected chi connectivity index (χ2v) is 5.59. The molecule has 1 saturated heterocycles. The zero-order valence-electron chi connectivity index (χ0n) is 13.1. The van der Waals surface area contributed by atoms with Gasteiger partial charge >= 0.3 is 5.97 Å². The first-order valence-electron chi connectivity index (χ1n) is 7.88. The van der Waals surface area contributed by atoms with Crippen molar-refractivity contribution in [1.29, 1.82) is 0 Å². The van der Waals surface area contributed by atoms with Crippen molar-refractivity contribution in [2.24, 2.45) is 5.92 Å². The molecule has 1 fully saturated rings. The summed E-state index contributed by atoms with van der Waals surface area (Å²) in [7, 11) is 0. The Morgan fingerprint density at radius 2 is 2.09 bits per heavy atom. The monoisotopic (exact) mass is 304 g/mol. The highest BCUT2D eigenvalue weighted by Crippen LogP contribution is 2.17.